The van der Waals surface area contributed by atoms with Crippen LogP contribution in [0.15, 0.2) is 22.8 Å². The minimum atomic E-state index is -1.46. The number of aliphatic hydroxyl groups is 4. The Labute approximate surface area is 248 Å². The SMILES string of the molecule is CC1=C2C(=O)[C@@H]3[C@@H](CC=C4C[C@@H](O[C@H]5O[C@@H](CO)[C@H](O)[C@@H](O)[C@@H]5O)CC[C@]43C)[C@@H]2CC[C@]12O[C@@H]1C[C@@H](C)CN[C@@H]1[C@@H]2C. The quantitative estimate of drug-likeness (QED) is 0.314. The Balaban J connectivity index is 1.11. The number of carbonyl (C=O) groups excluding carboxylic acids is 1. The highest BCUT2D eigenvalue weighted by Gasteiger charge is 2.63. The predicted octanol–water partition coefficient (Wildman–Crippen LogP) is 2.01. The van der Waals surface area contributed by atoms with Crippen LogP contribution in [0.5, 0.6) is 0 Å². The van der Waals surface area contributed by atoms with Crippen LogP contribution in [0.3, 0.4) is 0 Å². The molecule has 0 aromatic rings. The van der Waals surface area contributed by atoms with E-state index in [9.17, 15) is 25.2 Å². The van der Waals surface area contributed by atoms with Gasteiger partial charge in [0.1, 0.15) is 24.4 Å². The van der Waals surface area contributed by atoms with E-state index in [0.29, 0.717) is 42.4 Å². The van der Waals surface area contributed by atoms with Gasteiger partial charge in [-0.25, -0.2) is 0 Å². The minimum absolute atomic E-state index is 0.0482. The molecule has 7 rings (SSSR count). The van der Waals surface area contributed by atoms with Crippen molar-refractivity contribution in [2.75, 3.05) is 13.2 Å². The highest BCUT2D eigenvalue weighted by molar-refractivity contribution is 6.02. The molecule has 234 valence electrons. The third kappa shape index (κ3) is 4.14. The van der Waals surface area contributed by atoms with Gasteiger partial charge in [-0.15, -0.1) is 0 Å². The Bertz CT molecular complexity index is 1170. The molecule has 5 fully saturated rings. The van der Waals surface area contributed by atoms with Gasteiger partial charge in [-0.2, -0.15) is 0 Å². The van der Waals surface area contributed by atoms with Crippen LogP contribution < -0.4 is 5.32 Å². The van der Waals surface area contributed by atoms with Crippen LogP contribution in [0.2, 0.25) is 0 Å². The number of rotatable bonds is 3. The fourth-order valence-electron chi connectivity index (χ4n) is 10.4. The van der Waals surface area contributed by atoms with Gasteiger partial charge < -0.3 is 40.0 Å². The molecule has 42 heavy (non-hydrogen) atoms. The van der Waals surface area contributed by atoms with Crippen molar-refractivity contribution in [3.8, 4) is 0 Å². The first-order chi connectivity index (χ1) is 20.0. The fourth-order valence-corrected chi connectivity index (χ4v) is 10.4. The molecule has 0 radical (unpaired) electrons. The van der Waals surface area contributed by atoms with E-state index in [4.69, 9.17) is 14.2 Å². The Kier molecular flexibility index (Phi) is 7.34. The van der Waals surface area contributed by atoms with Crippen molar-refractivity contribution >= 4 is 5.78 Å². The molecule has 7 aliphatic rings. The summed E-state index contributed by atoms with van der Waals surface area (Å²) < 4.78 is 18.8. The number of ether oxygens (including phenoxy) is 3. The van der Waals surface area contributed by atoms with Gasteiger partial charge in [0, 0.05) is 23.5 Å². The van der Waals surface area contributed by atoms with Gasteiger partial charge >= 0.3 is 0 Å². The average molecular weight is 588 g/mol. The minimum Gasteiger partial charge on any atom is -0.394 e. The maximum absolute atomic E-state index is 14.5. The number of allylic oxidation sites excluding steroid dienone is 2. The smallest absolute Gasteiger partial charge is 0.186 e. The van der Waals surface area contributed by atoms with Crippen LogP contribution in [0, 0.1) is 35.0 Å². The topological polar surface area (TPSA) is 138 Å². The van der Waals surface area contributed by atoms with Crippen LogP contribution in [-0.4, -0.2) is 93.9 Å². The van der Waals surface area contributed by atoms with E-state index in [2.05, 4.69) is 39.1 Å². The first kappa shape index (κ1) is 29.5. The second-order valence-corrected chi connectivity index (χ2v) is 14.9. The largest absolute Gasteiger partial charge is 0.394 e. The molecule has 3 saturated heterocycles. The normalized spacial score (nSPS) is 53.9. The first-order valence-electron chi connectivity index (χ1n) is 16.3. The lowest BCUT2D eigenvalue weighted by Crippen LogP contribution is -2.60. The molecule has 0 amide bonds. The molecular weight excluding hydrogens is 538 g/mol. The van der Waals surface area contributed by atoms with Crippen molar-refractivity contribution in [3.63, 3.8) is 0 Å². The summed E-state index contributed by atoms with van der Waals surface area (Å²) >= 11 is 0. The maximum atomic E-state index is 14.5. The number of fused-ring (bicyclic) bond motifs is 6. The second kappa shape index (κ2) is 10.4. The summed E-state index contributed by atoms with van der Waals surface area (Å²) in [7, 11) is 0. The molecule has 0 bridgehead atoms. The number of Topliss-reactive ketones (excluding diaryl/α,β-unsaturated/α-hetero) is 1. The molecule has 0 aromatic carbocycles. The highest BCUT2D eigenvalue weighted by atomic mass is 16.7. The van der Waals surface area contributed by atoms with Crippen LogP contribution in [0.4, 0.5) is 0 Å². The summed E-state index contributed by atoms with van der Waals surface area (Å²) in [5, 5.41) is 44.2. The molecule has 3 aliphatic heterocycles. The summed E-state index contributed by atoms with van der Waals surface area (Å²) in [6.45, 7) is 9.60. The molecule has 4 aliphatic carbocycles. The van der Waals surface area contributed by atoms with Crippen molar-refractivity contribution < 1.29 is 39.4 Å². The van der Waals surface area contributed by atoms with E-state index < -0.39 is 37.3 Å². The molecule has 0 aromatic heterocycles. The molecule has 9 nitrogen and oxygen atoms in total. The first-order valence-corrected chi connectivity index (χ1v) is 16.3. The van der Waals surface area contributed by atoms with Gasteiger partial charge in [0.15, 0.2) is 12.1 Å². The average Bonchev–Trinajstić information content (AvgIpc) is 3.42. The van der Waals surface area contributed by atoms with Crippen molar-refractivity contribution in [1.82, 2.24) is 5.32 Å². The number of aliphatic hydroxyl groups excluding tert-OH is 4. The Hall–Kier alpha value is -1.17. The van der Waals surface area contributed by atoms with Gasteiger partial charge in [-0.1, -0.05) is 32.4 Å². The van der Waals surface area contributed by atoms with E-state index in [1.54, 1.807) is 0 Å². The molecule has 1 spiro atoms. The zero-order valence-electron chi connectivity index (χ0n) is 25.4. The molecular formula is C33H49NO8. The summed E-state index contributed by atoms with van der Waals surface area (Å²) in [5.74, 6) is 1.81. The van der Waals surface area contributed by atoms with Crippen LogP contribution in [0.25, 0.3) is 0 Å². The summed E-state index contributed by atoms with van der Waals surface area (Å²) in [6, 6.07) is 0.344. The molecule has 0 unspecified atom stereocenters. The number of carbonyl (C=O) groups is 1. The van der Waals surface area contributed by atoms with Gasteiger partial charge in [0.2, 0.25) is 0 Å². The number of hydrogen-bond acceptors (Lipinski definition) is 9. The summed E-state index contributed by atoms with van der Waals surface area (Å²) in [4.78, 5) is 14.5. The predicted molar refractivity (Wildman–Crippen MR) is 153 cm³/mol. The van der Waals surface area contributed by atoms with Crippen LogP contribution in [-0.2, 0) is 19.0 Å². The Morgan fingerprint density at radius 3 is 2.67 bits per heavy atom. The monoisotopic (exact) mass is 587 g/mol. The Morgan fingerprint density at radius 2 is 1.90 bits per heavy atom. The van der Waals surface area contributed by atoms with E-state index in [0.717, 1.165) is 44.2 Å². The fraction of sp³-hybridized carbons (Fsp3) is 0.848. The third-order valence-electron chi connectivity index (χ3n) is 12.8. The van der Waals surface area contributed by atoms with E-state index in [1.807, 2.05) is 0 Å². The third-order valence-corrected chi connectivity index (χ3v) is 12.8. The lowest BCUT2D eigenvalue weighted by Gasteiger charge is -2.49. The van der Waals surface area contributed by atoms with Crippen molar-refractivity contribution in [2.45, 2.75) is 127 Å². The Morgan fingerprint density at radius 1 is 1.12 bits per heavy atom. The lowest BCUT2D eigenvalue weighted by atomic mass is 9.56. The van der Waals surface area contributed by atoms with Crippen molar-refractivity contribution in [1.29, 1.82) is 0 Å². The molecule has 5 N–H and O–H groups in total. The second-order valence-electron chi connectivity index (χ2n) is 14.9. The maximum Gasteiger partial charge on any atom is 0.186 e. The summed E-state index contributed by atoms with van der Waals surface area (Å²) in [5.41, 5.74) is 2.89. The zero-order valence-corrected chi connectivity index (χ0v) is 25.4. The number of piperidine rings is 1. The molecule has 15 atom stereocenters. The van der Waals surface area contributed by atoms with E-state index >= 15 is 0 Å². The van der Waals surface area contributed by atoms with Crippen LogP contribution in [0.1, 0.15) is 72.6 Å². The van der Waals surface area contributed by atoms with Gasteiger partial charge in [0.25, 0.3) is 0 Å². The summed E-state index contributed by atoms with van der Waals surface area (Å²) in [6.07, 6.45) is 1.93. The number of ketones is 1. The van der Waals surface area contributed by atoms with E-state index in [1.165, 1.54) is 11.1 Å². The van der Waals surface area contributed by atoms with Gasteiger partial charge in [0.05, 0.1) is 24.4 Å². The van der Waals surface area contributed by atoms with Crippen molar-refractivity contribution in [3.05, 3.63) is 22.8 Å². The van der Waals surface area contributed by atoms with Gasteiger partial charge in [-0.05, 0) is 87.2 Å². The van der Waals surface area contributed by atoms with Crippen LogP contribution >= 0.6 is 0 Å². The van der Waals surface area contributed by atoms with Gasteiger partial charge in [-0.3, -0.25) is 4.79 Å². The van der Waals surface area contributed by atoms with Crippen molar-refractivity contribution in [2.24, 2.45) is 35.0 Å². The molecule has 3 heterocycles. The van der Waals surface area contributed by atoms with E-state index in [-0.39, 0.29) is 35.1 Å². The molecule has 9 heteroatoms. The number of nitrogens with one attached hydrogen (secondary N) is 1. The number of hydrogen-bond donors (Lipinski definition) is 5. The zero-order chi connectivity index (χ0) is 29.7. The molecule has 2 saturated carbocycles. The lowest BCUT2D eigenvalue weighted by molar-refractivity contribution is -0.312. The highest BCUT2D eigenvalue weighted by Crippen LogP contribution is 2.64. The standard InChI is InChI=1S/C33H49NO8/c1-15-11-22-26(34-13-15)17(3)33(42-22)10-8-20-21-6-5-18-12-19(40-31-30(39)29(38)27(36)23(14-35)41-31)7-9-32(18,4)25(21)28(37)24(20)16(33)2/h5,15,17,19-23,25-27,29-31,34-36,38-39H,6-14H2,1-4H3/t15-,17+,19+,20+,21+,22-,23+,25+,26-,27+,29-,30+,31+,32-,33+/m1/s1.